The number of benzene rings is 1. The lowest BCUT2D eigenvalue weighted by Gasteiger charge is -2.31. The predicted octanol–water partition coefficient (Wildman–Crippen LogP) is 0.595. The maximum absolute atomic E-state index is 10.4. The van der Waals surface area contributed by atoms with Crippen molar-refractivity contribution in [1.82, 2.24) is 24.0 Å². The molecule has 9 nitrogen and oxygen atoms in total. The third-order valence-electron chi connectivity index (χ3n) is 5.71. The SMILES string of the molecule is CC[N+](C)(Cc1ccccc1)c1ncnc2c1ncn2[C@@H]1O[C@H](CO)[C@@H](O)[C@H]1O. The minimum Gasteiger partial charge on any atom is -0.394 e. The lowest BCUT2D eigenvalue weighted by molar-refractivity contribution is -0.0511. The zero-order chi connectivity index (χ0) is 20.6. The second-order valence-corrected chi connectivity index (χ2v) is 7.61. The summed E-state index contributed by atoms with van der Waals surface area (Å²) >= 11 is 0. The minimum absolute atomic E-state index is 0.385. The Kier molecular flexibility index (Phi) is 5.32. The van der Waals surface area contributed by atoms with Gasteiger partial charge in [-0.3, -0.25) is 9.05 Å². The van der Waals surface area contributed by atoms with Crippen LogP contribution in [-0.4, -0.2) is 73.3 Å². The number of aromatic nitrogens is 4. The third kappa shape index (κ3) is 3.41. The van der Waals surface area contributed by atoms with Gasteiger partial charge in [0.1, 0.15) is 31.2 Å². The number of imidazole rings is 1. The first-order valence-electron chi connectivity index (χ1n) is 9.67. The molecule has 29 heavy (non-hydrogen) atoms. The van der Waals surface area contributed by atoms with E-state index < -0.39 is 24.5 Å². The van der Waals surface area contributed by atoms with E-state index in [0.717, 1.165) is 18.9 Å². The second-order valence-electron chi connectivity index (χ2n) is 7.61. The van der Waals surface area contributed by atoms with Gasteiger partial charge in [0.25, 0.3) is 5.82 Å². The smallest absolute Gasteiger partial charge is 0.259 e. The van der Waals surface area contributed by atoms with Crippen molar-refractivity contribution in [2.24, 2.45) is 0 Å². The van der Waals surface area contributed by atoms with Gasteiger partial charge in [-0.25, -0.2) is 9.97 Å². The molecule has 0 bridgehead atoms. The zero-order valence-corrected chi connectivity index (χ0v) is 16.5. The largest absolute Gasteiger partial charge is 0.394 e. The van der Waals surface area contributed by atoms with Gasteiger partial charge in [0.2, 0.25) is 0 Å². The van der Waals surface area contributed by atoms with E-state index in [1.165, 1.54) is 18.2 Å². The highest BCUT2D eigenvalue weighted by molar-refractivity contribution is 5.82. The molecule has 1 aromatic carbocycles. The minimum atomic E-state index is -1.20. The summed E-state index contributed by atoms with van der Waals surface area (Å²) in [4.78, 5) is 13.4. The molecule has 1 aliphatic rings. The van der Waals surface area contributed by atoms with Crippen LogP contribution in [0.4, 0.5) is 5.82 Å². The summed E-state index contributed by atoms with van der Waals surface area (Å²) in [5.41, 5.74) is 2.31. The summed E-state index contributed by atoms with van der Waals surface area (Å²) in [5.74, 6) is 0.770. The number of nitrogens with zero attached hydrogens (tertiary/aromatic N) is 5. The lowest BCUT2D eigenvalue weighted by Crippen LogP contribution is -2.45. The standard InChI is InChI=1S/C20H26N5O4/c1-3-25(2,9-13-7-5-4-6-8-13)19-15-18(21-11-22-19)24(12-23-15)20-17(28)16(27)14(10-26)29-20/h4-8,11-12,14,16-17,20,26-28H,3,9-10H2,1-2H3/q+1/t14-,16-,17-,20-,25?/m1/s1. The van der Waals surface area contributed by atoms with Crippen LogP contribution in [0.5, 0.6) is 0 Å². The number of hydrogen-bond acceptors (Lipinski definition) is 7. The Labute approximate surface area is 168 Å². The molecule has 1 aliphatic heterocycles. The molecule has 3 aromatic rings. The highest BCUT2D eigenvalue weighted by atomic mass is 16.6. The first-order chi connectivity index (χ1) is 14.0. The van der Waals surface area contributed by atoms with E-state index in [9.17, 15) is 15.3 Å². The van der Waals surface area contributed by atoms with Crippen LogP contribution in [0.25, 0.3) is 11.2 Å². The Bertz CT molecular complexity index is 981. The Morgan fingerprint density at radius 3 is 2.52 bits per heavy atom. The first kappa shape index (κ1) is 19.9. The molecule has 3 heterocycles. The first-order valence-corrected chi connectivity index (χ1v) is 9.67. The van der Waals surface area contributed by atoms with Crippen LogP contribution in [0.15, 0.2) is 43.0 Å². The molecule has 3 N–H and O–H groups in total. The van der Waals surface area contributed by atoms with Gasteiger partial charge in [0, 0.05) is 5.56 Å². The molecule has 9 heteroatoms. The molecule has 0 saturated carbocycles. The Morgan fingerprint density at radius 2 is 1.86 bits per heavy atom. The van der Waals surface area contributed by atoms with Gasteiger partial charge in [-0.15, -0.1) is 0 Å². The number of rotatable bonds is 6. The van der Waals surface area contributed by atoms with Crippen LogP contribution < -0.4 is 4.48 Å². The molecule has 2 aromatic heterocycles. The fourth-order valence-electron chi connectivity index (χ4n) is 3.85. The van der Waals surface area contributed by atoms with Gasteiger partial charge < -0.3 is 20.1 Å². The molecule has 154 valence electrons. The van der Waals surface area contributed by atoms with Crippen LogP contribution in [0, 0.1) is 0 Å². The summed E-state index contributed by atoms with van der Waals surface area (Å²) in [5, 5.41) is 29.8. The van der Waals surface area contributed by atoms with Gasteiger partial charge in [0.15, 0.2) is 17.4 Å². The molecule has 5 atom stereocenters. The van der Waals surface area contributed by atoms with Crippen molar-refractivity contribution in [3.05, 3.63) is 48.5 Å². The van der Waals surface area contributed by atoms with Crippen molar-refractivity contribution in [3.63, 3.8) is 0 Å². The van der Waals surface area contributed by atoms with Crippen molar-refractivity contribution in [3.8, 4) is 0 Å². The number of aliphatic hydroxyl groups excluding tert-OH is 3. The number of fused-ring (bicyclic) bond motifs is 1. The van der Waals surface area contributed by atoms with Crippen LogP contribution >= 0.6 is 0 Å². The zero-order valence-electron chi connectivity index (χ0n) is 16.5. The Morgan fingerprint density at radius 1 is 1.10 bits per heavy atom. The fourth-order valence-corrected chi connectivity index (χ4v) is 3.85. The molecular formula is C20H26N5O4+. The molecule has 0 amide bonds. The van der Waals surface area contributed by atoms with Gasteiger partial charge in [-0.1, -0.05) is 30.3 Å². The van der Waals surface area contributed by atoms with Gasteiger partial charge in [0.05, 0.1) is 26.5 Å². The molecule has 1 saturated heterocycles. The summed E-state index contributed by atoms with van der Waals surface area (Å²) in [6.45, 7) is 3.25. The normalized spacial score (nSPS) is 26.7. The molecule has 4 rings (SSSR count). The molecule has 0 aliphatic carbocycles. The molecule has 0 spiro atoms. The van der Waals surface area contributed by atoms with E-state index in [4.69, 9.17) is 4.74 Å². The maximum Gasteiger partial charge on any atom is 0.259 e. The summed E-state index contributed by atoms with van der Waals surface area (Å²) in [6.07, 6.45) is -1.11. The molecule has 1 fully saturated rings. The average Bonchev–Trinajstić information content (AvgIpc) is 3.29. The van der Waals surface area contributed by atoms with Crippen molar-refractivity contribution in [2.75, 3.05) is 20.2 Å². The monoisotopic (exact) mass is 400 g/mol. The topological polar surface area (TPSA) is 114 Å². The summed E-state index contributed by atoms with van der Waals surface area (Å²) in [7, 11) is 2.10. The van der Waals surface area contributed by atoms with Gasteiger partial charge in [-0.05, 0) is 6.92 Å². The van der Waals surface area contributed by atoms with Crippen molar-refractivity contribution >= 4 is 17.0 Å². The molecule has 0 radical (unpaired) electrons. The number of aliphatic hydroxyl groups is 3. The van der Waals surface area contributed by atoms with Crippen LogP contribution in [0.1, 0.15) is 18.7 Å². The number of quaternary nitrogens is 1. The highest BCUT2D eigenvalue weighted by Crippen LogP contribution is 2.34. The van der Waals surface area contributed by atoms with Crippen molar-refractivity contribution in [2.45, 2.75) is 38.0 Å². The second kappa shape index (κ2) is 7.77. The number of hydrogen-bond donors (Lipinski definition) is 3. The predicted molar refractivity (Wildman–Crippen MR) is 107 cm³/mol. The van der Waals surface area contributed by atoms with Gasteiger partial charge in [-0.2, -0.15) is 4.98 Å². The summed E-state index contributed by atoms with van der Waals surface area (Å²) < 4.78 is 7.76. The van der Waals surface area contributed by atoms with E-state index in [1.807, 2.05) is 18.2 Å². The van der Waals surface area contributed by atoms with Crippen LogP contribution in [0.3, 0.4) is 0 Å². The van der Waals surface area contributed by atoms with Crippen molar-refractivity contribution < 1.29 is 20.1 Å². The third-order valence-corrected chi connectivity index (χ3v) is 5.71. The van der Waals surface area contributed by atoms with Crippen molar-refractivity contribution in [1.29, 1.82) is 0 Å². The van der Waals surface area contributed by atoms with E-state index in [-0.39, 0.29) is 6.61 Å². The van der Waals surface area contributed by atoms with Crippen LogP contribution in [0.2, 0.25) is 0 Å². The number of ether oxygens (including phenoxy) is 1. The average molecular weight is 400 g/mol. The quantitative estimate of drug-likeness (QED) is 0.519. The van der Waals surface area contributed by atoms with E-state index in [0.29, 0.717) is 15.6 Å². The fraction of sp³-hybridized carbons (Fsp3) is 0.450. The van der Waals surface area contributed by atoms with E-state index in [1.54, 1.807) is 4.57 Å². The molecule has 1 unspecified atom stereocenters. The Balaban J connectivity index is 1.74. The lowest BCUT2D eigenvalue weighted by atomic mass is 10.1. The Hall–Kier alpha value is -2.43. The van der Waals surface area contributed by atoms with Crippen LogP contribution in [-0.2, 0) is 11.3 Å². The van der Waals surface area contributed by atoms with Gasteiger partial charge >= 0.3 is 0 Å². The van der Waals surface area contributed by atoms with E-state index in [2.05, 4.69) is 41.1 Å². The maximum atomic E-state index is 10.4. The highest BCUT2D eigenvalue weighted by Gasteiger charge is 2.44. The van der Waals surface area contributed by atoms with E-state index >= 15 is 0 Å². The molecular weight excluding hydrogens is 374 g/mol. The summed E-state index contributed by atoms with van der Waals surface area (Å²) in [6, 6.07) is 10.2.